The molecule has 0 aliphatic heterocycles. The van der Waals surface area contributed by atoms with Gasteiger partial charge >= 0.3 is 0 Å². The predicted molar refractivity (Wildman–Crippen MR) is 71.7 cm³/mol. The van der Waals surface area contributed by atoms with Crippen LogP contribution in [0.15, 0.2) is 11.6 Å². The van der Waals surface area contributed by atoms with Crippen molar-refractivity contribution in [1.29, 1.82) is 0 Å². The van der Waals surface area contributed by atoms with Crippen molar-refractivity contribution < 1.29 is 4.79 Å². The van der Waals surface area contributed by atoms with Gasteiger partial charge < -0.3 is 5.32 Å². The topological polar surface area (TPSA) is 29.1 Å². The standard InChI is InChI=1S/C13H22BrNO/c1-10(2)12(14)13(16)15-9-8-11-6-4-3-5-7-11/h6,10,12H,3-5,7-9H2,1-2H3,(H,15,16). The van der Waals surface area contributed by atoms with E-state index in [0.717, 1.165) is 13.0 Å². The van der Waals surface area contributed by atoms with Gasteiger partial charge in [-0.2, -0.15) is 0 Å². The molecule has 1 amide bonds. The molecule has 1 aliphatic rings. The third kappa shape index (κ3) is 4.69. The summed E-state index contributed by atoms with van der Waals surface area (Å²) in [4.78, 5) is 11.6. The highest BCUT2D eigenvalue weighted by molar-refractivity contribution is 9.10. The summed E-state index contributed by atoms with van der Waals surface area (Å²) in [6, 6.07) is 0. The van der Waals surface area contributed by atoms with E-state index in [1.165, 1.54) is 31.3 Å². The average molecular weight is 288 g/mol. The zero-order valence-corrected chi connectivity index (χ0v) is 11.8. The van der Waals surface area contributed by atoms with E-state index in [2.05, 4.69) is 27.3 Å². The Bertz CT molecular complexity index is 261. The van der Waals surface area contributed by atoms with Crippen LogP contribution < -0.4 is 5.32 Å². The molecule has 3 heteroatoms. The molecule has 0 bridgehead atoms. The lowest BCUT2D eigenvalue weighted by atomic mass is 9.97. The number of rotatable bonds is 5. The highest BCUT2D eigenvalue weighted by Gasteiger charge is 2.17. The number of halogens is 1. The Labute approximate surface area is 107 Å². The number of amides is 1. The third-order valence-corrected chi connectivity index (χ3v) is 4.44. The Morgan fingerprint density at radius 3 is 2.81 bits per heavy atom. The quantitative estimate of drug-likeness (QED) is 0.609. The molecule has 0 saturated carbocycles. The summed E-state index contributed by atoms with van der Waals surface area (Å²) in [7, 11) is 0. The van der Waals surface area contributed by atoms with Crippen LogP contribution in [-0.4, -0.2) is 17.3 Å². The van der Waals surface area contributed by atoms with Crippen molar-refractivity contribution in [3.63, 3.8) is 0 Å². The van der Waals surface area contributed by atoms with Crippen LogP contribution in [0.4, 0.5) is 0 Å². The maximum absolute atomic E-state index is 11.6. The highest BCUT2D eigenvalue weighted by atomic mass is 79.9. The minimum Gasteiger partial charge on any atom is -0.355 e. The molecule has 0 spiro atoms. The molecule has 16 heavy (non-hydrogen) atoms. The number of alkyl halides is 1. The van der Waals surface area contributed by atoms with Gasteiger partial charge in [0, 0.05) is 6.54 Å². The van der Waals surface area contributed by atoms with Gasteiger partial charge in [-0.05, 0) is 38.0 Å². The van der Waals surface area contributed by atoms with Crippen molar-refractivity contribution in [3.8, 4) is 0 Å². The molecule has 1 rings (SSSR count). The molecule has 0 radical (unpaired) electrons. The van der Waals surface area contributed by atoms with Crippen molar-refractivity contribution >= 4 is 21.8 Å². The fraction of sp³-hybridized carbons (Fsp3) is 0.769. The first-order chi connectivity index (χ1) is 7.61. The van der Waals surface area contributed by atoms with Gasteiger partial charge in [0.05, 0.1) is 4.83 Å². The predicted octanol–water partition coefficient (Wildman–Crippen LogP) is 3.41. The van der Waals surface area contributed by atoms with E-state index < -0.39 is 0 Å². The van der Waals surface area contributed by atoms with Crippen LogP contribution in [-0.2, 0) is 4.79 Å². The van der Waals surface area contributed by atoms with Gasteiger partial charge in [-0.1, -0.05) is 41.4 Å². The zero-order valence-electron chi connectivity index (χ0n) is 10.3. The number of hydrogen-bond donors (Lipinski definition) is 1. The molecule has 2 nitrogen and oxygen atoms in total. The van der Waals surface area contributed by atoms with Gasteiger partial charge in [0.2, 0.25) is 5.91 Å². The molecule has 1 N–H and O–H groups in total. The first kappa shape index (κ1) is 13.8. The molecule has 1 unspecified atom stereocenters. The number of hydrogen-bond acceptors (Lipinski definition) is 1. The van der Waals surface area contributed by atoms with Gasteiger partial charge in [0.1, 0.15) is 0 Å². The lowest BCUT2D eigenvalue weighted by molar-refractivity contribution is -0.121. The summed E-state index contributed by atoms with van der Waals surface area (Å²) in [5.74, 6) is 0.459. The van der Waals surface area contributed by atoms with Crippen LogP contribution >= 0.6 is 15.9 Å². The van der Waals surface area contributed by atoms with Gasteiger partial charge in [-0.15, -0.1) is 0 Å². The lowest BCUT2D eigenvalue weighted by Crippen LogP contribution is -2.34. The van der Waals surface area contributed by atoms with Gasteiger partial charge in [0.25, 0.3) is 0 Å². The van der Waals surface area contributed by atoms with E-state index >= 15 is 0 Å². The molecule has 1 aliphatic carbocycles. The first-order valence-electron chi connectivity index (χ1n) is 6.21. The van der Waals surface area contributed by atoms with Crippen LogP contribution in [0, 0.1) is 5.92 Å². The van der Waals surface area contributed by atoms with Crippen molar-refractivity contribution in [2.24, 2.45) is 5.92 Å². The van der Waals surface area contributed by atoms with E-state index in [4.69, 9.17) is 0 Å². The first-order valence-corrected chi connectivity index (χ1v) is 7.12. The number of allylic oxidation sites excluding steroid dienone is 1. The van der Waals surface area contributed by atoms with Crippen LogP contribution in [0.2, 0.25) is 0 Å². The summed E-state index contributed by atoms with van der Waals surface area (Å²) in [5, 5.41) is 2.98. The van der Waals surface area contributed by atoms with Crippen LogP contribution in [0.1, 0.15) is 46.0 Å². The largest absolute Gasteiger partial charge is 0.355 e. The van der Waals surface area contributed by atoms with Gasteiger partial charge in [-0.3, -0.25) is 4.79 Å². The Balaban J connectivity index is 2.19. The van der Waals surface area contributed by atoms with E-state index in [0.29, 0.717) is 5.92 Å². The molecule has 0 aromatic rings. The smallest absolute Gasteiger partial charge is 0.234 e. The average Bonchev–Trinajstić information content (AvgIpc) is 2.29. The lowest BCUT2D eigenvalue weighted by Gasteiger charge is -2.16. The van der Waals surface area contributed by atoms with Crippen molar-refractivity contribution in [2.75, 3.05) is 6.54 Å². The Morgan fingerprint density at radius 1 is 1.50 bits per heavy atom. The fourth-order valence-corrected chi connectivity index (χ4v) is 2.04. The van der Waals surface area contributed by atoms with E-state index in [9.17, 15) is 4.79 Å². The van der Waals surface area contributed by atoms with Crippen LogP contribution in [0.3, 0.4) is 0 Å². The monoisotopic (exact) mass is 287 g/mol. The minimum absolute atomic E-state index is 0.0622. The number of nitrogens with one attached hydrogen (secondary N) is 1. The maximum Gasteiger partial charge on any atom is 0.234 e. The fourth-order valence-electron chi connectivity index (χ4n) is 1.88. The molecule has 0 heterocycles. The van der Waals surface area contributed by atoms with Gasteiger partial charge in [0.15, 0.2) is 0 Å². The molecular weight excluding hydrogens is 266 g/mol. The normalized spacial score (nSPS) is 18.1. The highest BCUT2D eigenvalue weighted by Crippen LogP contribution is 2.19. The molecule has 92 valence electrons. The van der Waals surface area contributed by atoms with Crippen LogP contribution in [0.25, 0.3) is 0 Å². The van der Waals surface area contributed by atoms with Crippen molar-refractivity contribution in [1.82, 2.24) is 5.32 Å². The molecule has 0 fully saturated rings. The SMILES string of the molecule is CC(C)C(Br)C(=O)NCCC1=CCCCC1. The maximum atomic E-state index is 11.6. The summed E-state index contributed by atoms with van der Waals surface area (Å²) in [6.07, 6.45) is 8.43. The Morgan fingerprint density at radius 2 is 2.25 bits per heavy atom. The van der Waals surface area contributed by atoms with Crippen molar-refractivity contribution in [3.05, 3.63) is 11.6 Å². The van der Waals surface area contributed by atoms with Gasteiger partial charge in [-0.25, -0.2) is 0 Å². The van der Waals surface area contributed by atoms with E-state index in [-0.39, 0.29) is 10.7 Å². The number of carbonyl (C=O) groups excluding carboxylic acids is 1. The second-order valence-electron chi connectivity index (χ2n) is 4.79. The minimum atomic E-state index is -0.0622. The summed E-state index contributed by atoms with van der Waals surface area (Å²) in [5.41, 5.74) is 1.52. The zero-order chi connectivity index (χ0) is 12.0. The second kappa shape index (κ2) is 7.10. The Hall–Kier alpha value is -0.310. The number of carbonyl (C=O) groups is 1. The second-order valence-corrected chi connectivity index (χ2v) is 5.78. The molecule has 0 aromatic heterocycles. The summed E-state index contributed by atoms with van der Waals surface area (Å²) >= 11 is 3.41. The summed E-state index contributed by atoms with van der Waals surface area (Å²) < 4.78 is 0. The van der Waals surface area contributed by atoms with Crippen molar-refractivity contribution in [2.45, 2.75) is 50.8 Å². The molecular formula is C13H22BrNO. The molecule has 1 atom stereocenters. The Kier molecular flexibility index (Phi) is 6.10. The summed E-state index contributed by atoms with van der Waals surface area (Å²) in [6.45, 7) is 4.87. The van der Waals surface area contributed by atoms with E-state index in [1.807, 2.05) is 13.8 Å². The third-order valence-electron chi connectivity index (χ3n) is 2.97. The molecule has 0 saturated heterocycles. The molecule has 0 aromatic carbocycles. The van der Waals surface area contributed by atoms with E-state index in [1.54, 1.807) is 0 Å². The van der Waals surface area contributed by atoms with Crippen LogP contribution in [0.5, 0.6) is 0 Å².